The first-order chi connectivity index (χ1) is 16.0. The Morgan fingerprint density at radius 3 is 2.82 bits per heavy atom. The molecule has 170 valence electrons. The maximum atomic E-state index is 14.8. The van der Waals surface area contributed by atoms with E-state index in [1.807, 2.05) is 43.7 Å². The molecule has 7 nitrogen and oxygen atoms in total. The molecule has 1 aliphatic rings. The summed E-state index contributed by atoms with van der Waals surface area (Å²) in [4.78, 5) is 13.0. The highest BCUT2D eigenvalue weighted by atomic mass is 19.1. The van der Waals surface area contributed by atoms with Crippen LogP contribution in [-0.2, 0) is 18.2 Å². The van der Waals surface area contributed by atoms with E-state index in [0.717, 1.165) is 22.4 Å². The monoisotopic (exact) mass is 448 g/mol. The second-order valence-corrected chi connectivity index (χ2v) is 8.41. The van der Waals surface area contributed by atoms with Crippen LogP contribution in [-0.4, -0.2) is 50.6 Å². The summed E-state index contributed by atoms with van der Waals surface area (Å²) in [5.41, 5.74) is 4.43. The van der Waals surface area contributed by atoms with Gasteiger partial charge in [-0.1, -0.05) is 24.3 Å². The predicted octanol–water partition coefficient (Wildman–Crippen LogP) is 2.95. The van der Waals surface area contributed by atoms with Gasteiger partial charge in [-0.15, -0.1) is 0 Å². The molecule has 33 heavy (non-hydrogen) atoms. The fourth-order valence-corrected chi connectivity index (χ4v) is 4.33. The summed E-state index contributed by atoms with van der Waals surface area (Å²) in [6, 6.07) is 12.4. The number of carbonyl (C=O) groups is 1. The zero-order chi connectivity index (χ0) is 22.9. The standard InChI is InChI=1S/C25H25FN4O3/c1-29-14-18(13-27-29)17-6-4-16(5-7-17)11-19-12-20(24-21(26)3-2-9-30(19)24)25(32)28-22-8-10-33-15-23(22)31/h2-7,9,12-14,22-23,31H,8,10-11,15H2,1H3,(H,28,32). The van der Waals surface area contributed by atoms with Crippen LogP contribution < -0.4 is 5.32 Å². The summed E-state index contributed by atoms with van der Waals surface area (Å²) >= 11 is 0. The van der Waals surface area contributed by atoms with Gasteiger partial charge in [-0.05, 0) is 35.7 Å². The molecule has 0 spiro atoms. The van der Waals surface area contributed by atoms with Crippen molar-refractivity contribution in [3.05, 3.63) is 83.7 Å². The van der Waals surface area contributed by atoms with Gasteiger partial charge >= 0.3 is 0 Å². The Morgan fingerprint density at radius 2 is 2.09 bits per heavy atom. The van der Waals surface area contributed by atoms with Crippen molar-refractivity contribution >= 4 is 11.4 Å². The van der Waals surface area contributed by atoms with Crippen LogP contribution in [0.1, 0.15) is 28.0 Å². The summed E-state index contributed by atoms with van der Waals surface area (Å²) < 4.78 is 23.5. The molecule has 3 aromatic heterocycles. The third-order valence-corrected chi connectivity index (χ3v) is 6.09. The smallest absolute Gasteiger partial charge is 0.253 e. The lowest BCUT2D eigenvalue weighted by atomic mass is 10.0. The van der Waals surface area contributed by atoms with Crippen molar-refractivity contribution in [1.82, 2.24) is 19.5 Å². The molecule has 1 saturated heterocycles. The molecule has 1 aromatic carbocycles. The number of pyridine rings is 1. The van der Waals surface area contributed by atoms with E-state index in [-0.39, 0.29) is 17.7 Å². The zero-order valence-electron chi connectivity index (χ0n) is 18.2. The molecule has 0 radical (unpaired) electrons. The summed E-state index contributed by atoms with van der Waals surface area (Å²) in [5.74, 6) is -0.866. The van der Waals surface area contributed by atoms with Crippen LogP contribution in [0.2, 0.25) is 0 Å². The van der Waals surface area contributed by atoms with E-state index in [9.17, 15) is 14.3 Å². The van der Waals surface area contributed by atoms with Crippen molar-refractivity contribution < 1.29 is 19.0 Å². The van der Waals surface area contributed by atoms with Crippen LogP contribution in [0.4, 0.5) is 4.39 Å². The minimum Gasteiger partial charge on any atom is -0.389 e. The summed E-state index contributed by atoms with van der Waals surface area (Å²) in [5, 5.41) is 17.2. The maximum Gasteiger partial charge on any atom is 0.253 e. The van der Waals surface area contributed by atoms with Crippen LogP contribution in [0.15, 0.2) is 61.1 Å². The van der Waals surface area contributed by atoms with Crippen molar-refractivity contribution in [2.45, 2.75) is 25.0 Å². The highest BCUT2D eigenvalue weighted by Crippen LogP contribution is 2.25. The quantitative estimate of drug-likeness (QED) is 0.492. The fraction of sp³-hybridized carbons (Fsp3) is 0.280. The largest absolute Gasteiger partial charge is 0.389 e. The second kappa shape index (κ2) is 8.80. The van der Waals surface area contributed by atoms with Crippen molar-refractivity contribution in [2.75, 3.05) is 13.2 Å². The second-order valence-electron chi connectivity index (χ2n) is 8.41. The van der Waals surface area contributed by atoms with Crippen LogP contribution in [0.25, 0.3) is 16.6 Å². The molecule has 0 aliphatic carbocycles. The number of hydrogen-bond donors (Lipinski definition) is 2. The number of hydrogen-bond acceptors (Lipinski definition) is 4. The first-order valence-electron chi connectivity index (χ1n) is 10.9. The number of ether oxygens (including phenoxy) is 1. The van der Waals surface area contributed by atoms with E-state index >= 15 is 0 Å². The van der Waals surface area contributed by atoms with Gasteiger partial charge in [-0.25, -0.2) is 4.39 Å². The number of nitrogens with zero attached hydrogens (tertiary/aromatic N) is 3. The lowest BCUT2D eigenvalue weighted by Gasteiger charge is -2.28. The number of carbonyl (C=O) groups excluding carboxylic acids is 1. The van der Waals surface area contributed by atoms with E-state index in [4.69, 9.17) is 4.74 Å². The first-order valence-corrected chi connectivity index (χ1v) is 10.9. The average Bonchev–Trinajstić information content (AvgIpc) is 3.41. The van der Waals surface area contributed by atoms with Crippen molar-refractivity contribution in [3.8, 4) is 11.1 Å². The van der Waals surface area contributed by atoms with Gasteiger partial charge < -0.3 is 19.6 Å². The van der Waals surface area contributed by atoms with Gasteiger partial charge in [0.25, 0.3) is 5.91 Å². The van der Waals surface area contributed by atoms with Gasteiger partial charge in [-0.2, -0.15) is 5.10 Å². The number of amides is 1. The number of rotatable bonds is 5. The topological polar surface area (TPSA) is 80.8 Å². The third kappa shape index (κ3) is 4.27. The molecule has 8 heteroatoms. The Balaban J connectivity index is 1.43. The van der Waals surface area contributed by atoms with Gasteiger partial charge in [0, 0.05) is 43.7 Å². The lowest BCUT2D eigenvalue weighted by Crippen LogP contribution is -2.48. The van der Waals surface area contributed by atoms with E-state index in [1.165, 1.54) is 6.07 Å². The lowest BCUT2D eigenvalue weighted by molar-refractivity contribution is -0.0260. The highest BCUT2D eigenvalue weighted by molar-refractivity contribution is 6.01. The summed E-state index contributed by atoms with van der Waals surface area (Å²) in [6.07, 6.45) is 5.80. The van der Waals surface area contributed by atoms with Crippen molar-refractivity contribution in [2.24, 2.45) is 7.05 Å². The predicted molar refractivity (Wildman–Crippen MR) is 122 cm³/mol. The van der Waals surface area contributed by atoms with Crippen molar-refractivity contribution in [3.63, 3.8) is 0 Å². The van der Waals surface area contributed by atoms with Crippen molar-refractivity contribution in [1.29, 1.82) is 0 Å². The number of benzene rings is 1. The van der Waals surface area contributed by atoms with Gasteiger partial charge in [0.2, 0.25) is 0 Å². The minimum absolute atomic E-state index is 0.177. The Kier molecular flexibility index (Phi) is 5.70. The Hall–Kier alpha value is -3.49. The Labute approximate surface area is 190 Å². The molecule has 4 aromatic rings. The Morgan fingerprint density at radius 1 is 1.27 bits per heavy atom. The number of aliphatic hydroxyl groups excluding tert-OH is 1. The van der Waals surface area contributed by atoms with E-state index < -0.39 is 23.9 Å². The van der Waals surface area contributed by atoms with Gasteiger partial charge in [-0.3, -0.25) is 9.48 Å². The molecule has 2 atom stereocenters. The average molecular weight is 448 g/mol. The number of aromatic nitrogens is 3. The molecule has 4 heterocycles. The molecule has 0 saturated carbocycles. The van der Waals surface area contributed by atoms with Crippen LogP contribution in [0.3, 0.4) is 0 Å². The van der Waals surface area contributed by atoms with Crippen LogP contribution in [0.5, 0.6) is 0 Å². The molecule has 0 bridgehead atoms. The number of halogens is 1. The summed E-state index contributed by atoms with van der Waals surface area (Å²) in [7, 11) is 1.88. The normalized spacial score (nSPS) is 18.5. The molecule has 2 N–H and O–H groups in total. The number of fused-ring (bicyclic) bond motifs is 1. The first kappa shape index (κ1) is 21.4. The highest BCUT2D eigenvalue weighted by Gasteiger charge is 2.27. The molecule has 2 unspecified atom stereocenters. The molecule has 1 fully saturated rings. The van der Waals surface area contributed by atoms with Gasteiger partial charge in [0.1, 0.15) is 5.82 Å². The van der Waals surface area contributed by atoms with E-state index in [2.05, 4.69) is 10.4 Å². The number of aliphatic hydroxyl groups is 1. The van der Waals surface area contributed by atoms with Crippen LogP contribution in [0, 0.1) is 5.82 Å². The molecule has 1 aliphatic heterocycles. The molecular weight excluding hydrogens is 423 g/mol. The Bertz CT molecular complexity index is 1290. The third-order valence-electron chi connectivity index (χ3n) is 6.09. The summed E-state index contributed by atoms with van der Waals surface area (Å²) in [6.45, 7) is 0.642. The number of aryl methyl sites for hydroxylation is 1. The van der Waals surface area contributed by atoms with Crippen LogP contribution >= 0.6 is 0 Å². The fourth-order valence-electron chi connectivity index (χ4n) is 4.33. The molecule has 5 rings (SSSR count). The van der Waals surface area contributed by atoms with E-state index in [1.54, 1.807) is 27.4 Å². The zero-order valence-corrected chi connectivity index (χ0v) is 18.2. The van der Waals surface area contributed by atoms with E-state index in [0.29, 0.717) is 19.4 Å². The molecular formula is C25H25FN4O3. The SMILES string of the molecule is Cn1cc(-c2ccc(Cc3cc(C(=O)NC4CCOCC4O)c4c(F)cccn34)cc2)cn1. The maximum absolute atomic E-state index is 14.8. The van der Waals surface area contributed by atoms with Gasteiger partial charge in [0.15, 0.2) is 0 Å². The van der Waals surface area contributed by atoms with Gasteiger partial charge in [0.05, 0.1) is 36.0 Å². The number of nitrogens with one attached hydrogen (secondary N) is 1. The molecule has 1 amide bonds. The minimum atomic E-state index is -0.778.